The second-order valence-electron chi connectivity index (χ2n) is 8.89. The lowest BCUT2D eigenvalue weighted by Crippen LogP contribution is -2.21. The summed E-state index contributed by atoms with van der Waals surface area (Å²) in [6.45, 7) is 2.27. The van der Waals surface area contributed by atoms with Crippen LogP contribution in [0.4, 0.5) is 0 Å². The number of nitrogens with zero attached hydrogens (tertiary/aromatic N) is 3. The first-order valence-corrected chi connectivity index (χ1v) is 13.6. The Hall–Kier alpha value is -2.11. The van der Waals surface area contributed by atoms with E-state index in [2.05, 4.69) is 49.4 Å². The number of dihydropyridines is 1. The van der Waals surface area contributed by atoms with Crippen LogP contribution in [0, 0.1) is 0 Å². The van der Waals surface area contributed by atoms with Gasteiger partial charge in [-0.3, -0.25) is 4.99 Å². The molecule has 5 heteroatoms. The van der Waals surface area contributed by atoms with Crippen LogP contribution in [0.25, 0.3) is 10.8 Å². The Bertz CT molecular complexity index is 1250. The minimum Gasteiger partial charge on any atom is -0.274 e. The van der Waals surface area contributed by atoms with E-state index in [9.17, 15) is 0 Å². The molecule has 1 aliphatic carbocycles. The number of unbranched alkanes of at least 4 members (excludes halogenated alkanes) is 1. The van der Waals surface area contributed by atoms with Gasteiger partial charge in [0.25, 0.3) is 0 Å². The van der Waals surface area contributed by atoms with Crippen LogP contribution in [0.5, 0.6) is 0 Å². The van der Waals surface area contributed by atoms with Gasteiger partial charge in [-0.15, -0.1) is 11.8 Å². The summed E-state index contributed by atoms with van der Waals surface area (Å²) in [6, 6.07) is 15.3. The molecule has 0 spiro atoms. The lowest BCUT2D eigenvalue weighted by atomic mass is 9.87. The Morgan fingerprint density at radius 1 is 1.06 bits per heavy atom. The summed E-state index contributed by atoms with van der Waals surface area (Å²) in [6.07, 6.45) is 9.05. The second kappa shape index (κ2) is 8.68. The van der Waals surface area contributed by atoms with Gasteiger partial charge in [0.15, 0.2) is 0 Å². The highest BCUT2D eigenvalue weighted by Gasteiger charge is 2.43. The summed E-state index contributed by atoms with van der Waals surface area (Å²) in [5, 5.41) is 3.97. The van der Waals surface area contributed by atoms with Gasteiger partial charge in [0.05, 0.1) is 16.5 Å². The van der Waals surface area contributed by atoms with Gasteiger partial charge in [0, 0.05) is 11.5 Å². The van der Waals surface area contributed by atoms with Crippen molar-refractivity contribution in [1.29, 1.82) is 0 Å². The Morgan fingerprint density at radius 3 is 2.88 bits per heavy atom. The van der Waals surface area contributed by atoms with Gasteiger partial charge in [0.2, 0.25) is 0 Å². The smallest absolute Gasteiger partial charge is 0.117 e. The monoisotopic (exact) mass is 457 g/mol. The number of thioether (sulfide) groups is 2. The quantitative estimate of drug-likeness (QED) is 0.283. The second-order valence-corrected chi connectivity index (χ2v) is 11.0. The van der Waals surface area contributed by atoms with Crippen LogP contribution in [-0.2, 0) is 5.75 Å². The fraction of sp³-hybridized carbons (Fsp3) is 0.370. The predicted octanol–water partition coefficient (Wildman–Crippen LogP) is 7.56. The molecule has 1 aromatic heterocycles. The molecule has 3 heterocycles. The summed E-state index contributed by atoms with van der Waals surface area (Å²) >= 11 is 3.74. The fourth-order valence-electron chi connectivity index (χ4n) is 5.28. The molecule has 2 unspecified atom stereocenters. The molecule has 0 radical (unpaired) electrons. The van der Waals surface area contributed by atoms with Crippen LogP contribution in [0.1, 0.15) is 62.6 Å². The number of aromatic nitrogens is 2. The van der Waals surface area contributed by atoms with Crippen molar-refractivity contribution in [3.05, 3.63) is 71.2 Å². The van der Waals surface area contributed by atoms with E-state index < -0.39 is 0 Å². The molecule has 0 saturated carbocycles. The van der Waals surface area contributed by atoms with Crippen molar-refractivity contribution in [1.82, 2.24) is 9.97 Å². The number of hydrogen-bond donors (Lipinski definition) is 0. The zero-order chi connectivity index (χ0) is 21.5. The highest BCUT2D eigenvalue weighted by Crippen LogP contribution is 2.56. The van der Waals surface area contributed by atoms with Gasteiger partial charge in [-0.25, -0.2) is 9.97 Å². The van der Waals surface area contributed by atoms with Crippen LogP contribution in [0.3, 0.4) is 0 Å². The number of rotatable bonds is 6. The Labute approximate surface area is 198 Å². The molecule has 2 aliphatic heterocycles. The third-order valence-electron chi connectivity index (χ3n) is 6.84. The van der Waals surface area contributed by atoms with E-state index in [1.165, 1.54) is 64.7 Å². The van der Waals surface area contributed by atoms with Crippen molar-refractivity contribution in [2.24, 2.45) is 4.99 Å². The van der Waals surface area contributed by atoms with Gasteiger partial charge in [-0.1, -0.05) is 73.1 Å². The van der Waals surface area contributed by atoms with Gasteiger partial charge in [0.1, 0.15) is 16.7 Å². The maximum Gasteiger partial charge on any atom is 0.117 e. The molecule has 2 atom stereocenters. The summed E-state index contributed by atoms with van der Waals surface area (Å²) < 4.78 is 0. The van der Waals surface area contributed by atoms with Crippen molar-refractivity contribution < 1.29 is 0 Å². The standard InChI is InChI=1S/C27H27N3S2/c1-2-3-11-22-20-9-6-10-21(20)23-24-25(32-26(23)30-22)27(29-16-28-24)31-15-17-12-13-18-7-4-5-8-19(18)14-17/h4-5,7-8,12-14,16,23,26H,2-3,6,9-11,15H2,1H3. The average Bonchev–Trinajstić information content (AvgIpc) is 3.45. The molecular formula is C27H27N3S2. The number of allylic oxidation sites excluding steroid dienone is 1. The third kappa shape index (κ3) is 3.60. The van der Waals surface area contributed by atoms with Gasteiger partial charge in [-0.05, 0) is 54.0 Å². The zero-order valence-corrected chi connectivity index (χ0v) is 20.0. The minimum atomic E-state index is 0.255. The third-order valence-corrected chi connectivity index (χ3v) is 9.29. The molecular weight excluding hydrogens is 430 g/mol. The van der Waals surface area contributed by atoms with E-state index in [-0.39, 0.29) is 5.37 Å². The van der Waals surface area contributed by atoms with E-state index in [0.717, 1.165) is 17.2 Å². The SMILES string of the molecule is CCCCC1=NC2Sc3c(SCc4ccc5ccccc5c4)ncnc3C2C2=C1CCC2. The highest BCUT2D eigenvalue weighted by molar-refractivity contribution is 8.02. The largest absolute Gasteiger partial charge is 0.274 e. The molecule has 0 bridgehead atoms. The summed E-state index contributed by atoms with van der Waals surface area (Å²) in [7, 11) is 0. The lowest BCUT2D eigenvalue weighted by Gasteiger charge is -2.26. The minimum absolute atomic E-state index is 0.255. The molecule has 162 valence electrons. The molecule has 6 rings (SSSR count). The number of aliphatic imine (C=N–C) groups is 1. The van der Waals surface area contributed by atoms with Crippen LogP contribution in [-0.4, -0.2) is 21.1 Å². The Morgan fingerprint density at radius 2 is 1.97 bits per heavy atom. The molecule has 0 amide bonds. The summed E-state index contributed by atoms with van der Waals surface area (Å²) in [5.74, 6) is 1.28. The van der Waals surface area contributed by atoms with E-state index in [1.54, 1.807) is 17.5 Å². The predicted molar refractivity (Wildman–Crippen MR) is 136 cm³/mol. The summed E-state index contributed by atoms with van der Waals surface area (Å²) in [4.78, 5) is 16.1. The maximum atomic E-state index is 5.28. The van der Waals surface area contributed by atoms with E-state index in [1.807, 2.05) is 23.5 Å². The van der Waals surface area contributed by atoms with Gasteiger partial charge < -0.3 is 0 Å². The zero-order valence-electron chi connectivity index (χ0n) is 18.4. The van der Waals surface area contributed by atoms with Crippen molar-refractivity contribution in [3.8, 4) is 0 Å². The normalized spacial score (nSPS) is 21.5. The first-order chi connectivity index (χ1) is 15.8. The molecule has 3 nitrogen and oxygen atoms in total. The topological polar surface area (TPSA) is 38.1 Å². The van der Waals surface area contributed by atoms with Crippen molar-refractivity contribution in [2.75, 3.05) is 0 Å². The maximum absolute atomic E-state index is 5.28. The lowest BCUT2D eigenvalue weighted by molar-refractivity contribution is 0.687. The van der Waals surface area contributed by atoms with Crippen molar-refractivity contribution >= 4 is 40.0 Å². The first-order valence-electron chi connectivity index (χ1n) is 11.7. The molecule has 2 aromatic carbocycles. The highest BCUT2D eigenvalue weighted by atomic mass is 32.2. The van der Waals surface area contributed by atoms with E-state index in [4.69, 9.17) is 15.0 Å². The molecule has 0 fully saturated rings. The summed E-state index contributed by atoms with van der Waals surface area (Å²) in [5.41, 5.74) is 7.15. The van der Waals surface area contributed by atoms with Crippen LogP contribution < -0.4 is 0 Å². The Kier molecular flexibility index (Phi) is 5.56. The van der Waals surface area contributed by atoms with Gasteiger partial charge >= 0.3 is 0 Å². The van der Waals surface area contributed by atoms with E-state index in [0.29, 0.717) is 5.92 Å². The molecule has 0 saturated heterocycles. The van der Waals surface area contributed by atoms with Crippen LogP contribution in [0.2, 0.25) is 0 Å². The molecule has 32 heavy (non-hydrogen) atoms. The van der Waals surface area contributed by atoms with Crippen molar-refractivity contribution in [3.63, 3.8) is 0 Å². The van der Waals surface area contributed by atoms with E-state index >= 15 is 0 Å². The number of benzene rings is 2. The Balaban J connectivity index is 1.28. The molecule has 3 aliphatic rings. The van der Waals surface area contributed by atoms with Crippen LogP contribution in [0.15, 0.2) is 74.9 Å². The number of hydrogen-bond acceptors (Lipinski definition) is 5. The fourth-order valence-corrected chi connectivity index (χ4v) is 7.74. The first kappa shape index (κ1) is 20.5. The average molecular weight is 458 g/mol. The van der Waals surface area contributed by atoms with Crippen LogP contribution >= 0.6 is 23.5 Å². The van der Waals surface area contributed by atoms with Gasteiger partial charge in [-0.2, -0.15) is 0 Å². The number of fused-ring (bicyclic) bond motifs is 5. The molecule has 0 N–H and O–H groups in total. The molecule has 3 aromatic rings. The van der Waals surface area contributed by atoms with Crippen molar-refractivity contribution in [2.45, 2.75) is 72.4 Å².